The smallest absolute Gasteiger partial charge is 0.313 e. The van der Waals surface area contributed by atoms with E-state index in [0.717, 1.165) is 6.07 Å². The molecular weight excluding hydrogens is 233 g/mol. The molecule has 1 aromatic carbocycles. The van der Waals surface area contributed by atoms with Crippen LogP contribution in [0.5, 0.6) is 0 Å². The first-order valence-electron chi connectivity index (χ1n) is 5.32. The molecule has 0 aromatic heterocycles. The van der Waals surface area contributed by atoms with Crippen molar-refractivity contribution in [2.45, 2.75) is 26.2 Å². The summed E-state index contributed by atoms with van der Waals surface area (Å²) in [5.74, 6) is -5.09. The Bertz CT molecular complexity index is 418. The lowest BCUT2D eigenvalue weighted by atomic mass is 9.96. The molecule has 17 heavy (non-hydrogen) atoms. The molecule has 0 saturated heterocycles. The number of hydrogen-bond acceptors (Lipinski definition) is 2. The van der Waals surface area contributed by atoms with Gasteiger partial charge in [-0.3, -0.25) is 4.79 Å². The first-order valence-corrected chi connectivity index (χ1v) is 5.32. The summed E-state index contributed by atoms with van der Waals surface area (Å²) in [5, 5.41) is 0. The number of hydrogen-bond donors (Lipinski definition) is 0. The Morgan fingerprint density at radius 2 is 1.94 bits per heavy atom. The third-order valence-corrected chi connectivity index (χ3v) is 2.38. The highest BCUT2D eigenvalue weighted by Crippen LogP contribution is 2.26. The lowest BCUT2D eigenvalue weighted by Crippen LogP contribution is -2.17. The van der Waals surface area contributed by atoms with Gasteiger partial charge in [0.05, 0.1) is 12.5 Å². The molecule has 2 nitrogen and oxygen atoms in total. The van der Waals surface area contributed by atoms with E-state index in [2.05, 4.69) is 0 Å². The molecule has 0 saturated carbocycles. The van der Waals surface area contributed by atoms with Crippen molar-refractivity contribution < 1.29 is 22.7 Å². The van der Waals surface area contributed by atoms with E-state index in [1.165, 1.54) is 0 Å². The largest absolute Gasteiger partial charge is 0.466 e. The second-order valence-electron chi connectivity index (χ2n) is 3.50. The first-order chi connectivity index (χ1) is 8.01. The van der Waals surface area contributed by atoms with E-state index in [4.69, 9.17) is 4.74 Å². The van der Waals surface area contributed by atoms with Gasteiger partial charge in [0.25, 0.3) is 0 Å². The van der Waals surface area contributed by atoms with Crippen LogP contribution < -0.4 is 0 Å². The number of ether oxygens (including phenoxy) is 1. The first kappa shape index (κ1) is 13.5. The summed E-state index contributed by atoms with van der Waals surface area (Å²) in [5.41, 5.74) is -0.302. The van der Waals surface area contributed by atoms with E-state index in [-0.39, 0.29) is 18.6 Å². The fraction of sp³-hybridized carbons (Fsp3) is 0.417. The molecule has 0 aliphatic rings. The molecule has 1 atom stereocenters. The van der Waals surface area contributed by atoms with E-state index >= 15 is 0 Å². The van der Waals surface area contributed by atoms with Crippen LogP contribution >= 0.6 is 0 Å². The van der Waals surface area contributed by atoms with Crippen LogP contribution in [0.3, 0.4) is 0 Å². The van der Waals surface area contributed by atoms with Gasteiger partial charge >= 0.3 is 5.97 Å². The third kappa shape index (κ3) is 2.99. The zero-order valence-corrected chi connectivity index (χ0v) is 9.60. The van der Waals surface area contributed by atoms with E-state index < -0.39 is 29.3 Å². The third-order valence-electron chi connectivity index (χ3n) is 2.38. The van der Waals surface area contributed by atoms with Crippen LogP contribution in [-0.2, 0) is 9.53 Å². The van der Waals surface area contributed by atoms with Crippen molar-refractivity contribution >= 4 is 5.97 Å². The Morgan fingerprint density at radius 3 is 2.47 bits per heavy atom. The molecule has 0 radical (unpaired) electrons. The molecule has 0 heterocycles. The number of carbonyl (C=O) groups is 1. The van der Waals surface area contributed by atoms with Gasteiger partial charge in [-0.05, 0) is 19.4 Å². The molecule has 0 aliphatic heterocycles. The van der Waals surface area contributed by atoms with Crippen LogP contribution in [0.2, 0.25) is 0 Å². The number of benzene rings is 1. The summed E-state index contributed by atoms with van der Waals surface area (Å²) < 4.78 is 44.2. The van der Waals surface area contributed by atoms with Gasteiger partial charge in [-0.2, -0.15) is 0 Å². The van der Waals surface area contributed by atoms with Crippen molar-refractivity contribution in [1.29, 1.82) is 0 Å². The maximum absolute atomic E-state index is 13.5. The van der Waals surface area contributed by atoms with Crippen molar-refractivity contribution in [2.75, 3.05) is 6.61 Å². The van der Waals surface area contributed by atoms with Gasteiger partial charge in [0.15, 0.2) is 11.6 Å². The Morgan fingerprint density at radius 1 is 1.29 bits per heavy atom. The fourth-order valence-electron chi connectivity index (χ4n) is 1.59. The van der Waals surface area contributed by atoms with E-state index in [0.29, 0.717) is 6.07 Å². The summed E-state index contributed by atoms with van der Waals surface area (Å²) >= 11 is 0. The van der Waals surface area contributed by atoms with Gasteiger partial charge in [0.2, 0.25) is 0 Å². The van der Waals surface area contributed by atoms with Crippen LogP contribution in [0.25, 0.3) is 0 Å². The maximum Gasteiger partial charge on any atom is 0.313 e. The Kier molecular flexibility index (Phi) is 4.54. The van der Waals surface area contributed by atoms with Crippen LogP contribution in [0, 0.1) is 17.5 Å². The van der Waals surface area contributed by atoms with Crippen LogP contribution in [0.4, 0.5) is 13.2 Å². The lowest BCUT2D eigenvalue weighted by Gasteiger charge is -2.15. The minimum absolute atomic E-state index is 0.134. The molecule has 0 fully saturated rings. The van der Waals surface area contributed by atoms with Crippen molar-refractivity contribution in [2.24, 2.45) is 0 Å². The summed E-state index contributed by atoms with van der Waals surface area (Å²) in [6, 6.07) is 1.26. The van der Waals surface area contributed by atoms with E-state index in [1.54, 1.807) is 13.8 Å². The molecule has 0 spiro atoms. The number of esters is 1. The van der Waals surface area contributed by atoms with E-state index in [1.807, 2.05) is 0 Å². The molecule has 1 unspecified atom stereocenters. The second kappa shape index (κ2) is 5.70. The molecule has 1 rings (SSSR count). The predicted molar refractivity (Wildman–Crippen MR) is 56.0 cm³/mol. The van der Waals surface area contributed by atoms with Crippen LogP contribution in [-0.4, -0.2) is 12.6 Å². The molecule has 1 aromatic rings. The van der Waals surface area contributed by atoms with Crippen molar-refractivity contribution in [3.05, 3.63) is 35.1 Å². The molecule has 94 valence electrons. The van der Waals surface area contributed by atoms with Gasteiger partial charge in [-0.25, -0.2) is 13.2 Å². The van der Waals surface area contributed by atoms with Gasteiger partial charge in [0, 0.05) is 11.6 Å². The standard InChI is InChI=1S/C12H13F3O2/c1-3-8(12(16)17-4-2)9-5-7(13)6-10(14)11(9)15/h5-6,8H,3-4H2,1-2H3. The van der Waals surface area contributed by atoms with Gasteiger partial charge in [-0.15, -0.1) is 0 Å². The number of carbonyl (C=O) groups excluding carboxylic acids is 1. The lowest BCUT2D eigenvalue weighted by molar-refractivity contribution is -0.145. The average molecular weight is 246 g/mol. The van der Waals surface area contributed by atoms with Crippen molar-refractivity contribution in [3.8, 4) is 0 Å². The molecule has 0 amide bonds. The van der Waals surface area contributed by atoms with Gasteiger partial charge < -0.3 is 4.74 Å². The second-order valence-corrected chi connectivity index (χ2v) is 3.50. The average Bonchev–Trinajstić information content (AvgIpc) is 2.26. The molecular formula is C12H13F3O2. The van der Waals surface area contributed by atoms with Crippen molar-refractivity contribution in [1.82, 2.24) is 0 Å². The van der Waals surface area contributed by atoms with Gasteiger partial charge in [-0.1, -0.05) is 6.92 Å². The highest BCUT2D eigenvalue weighted by Gasteiger charge is 2.25. The quantitative estimate of drug-likeness (QED) is 0.602. The van der Waals surface area contributed by atoms with Gasteiger partial charge in [0.1, 0.15) is 5.82 Å². The SMILES string of the molecule is CCOC(=O)C(CC)c1cc(F)cc(F)c1F. The topological polar surface area (TPSA) is 26.3 Å². The monoisotopic (exact) mass is 246 g/mol. The van der Waals surface area contributed by atoms with Crippen LogP contribution in [0.15, 0.2) is 12.1 Å². The Balaban J connectivity index is 3.15. The predicted octanol–water partition coefficient (Wildman–Crippen LogP) is 3.16. The minimum Gasteiger partial charge on any atom is -0.466 e. The summed E-state index contributed by atoms with van der Waals surface area (Å²) in [7, 11) is 0. The summed E-state index contributed by atoms with van der Waals surface area (Å²) in [6.45, 7) is 3.35. The highest BCUT2D eigenvalue weighted by atomic mass is 19.2. The normalized spacial score (nSPS) is 12.3. The molecule has 5 heteroatoms. The summed E-state index contributed by atoms with van der Waals surface area (Å²) in [6.07, 6.45) is 0.207. The molecule has 0 aliphatic carbocycles. The highest BCUT2D eigenvalue weighted by molar-refractivity contribution is 5.78. The fourth-order valence-corrected chi connectivity index (χ4v) is 1.59. The zero-order valence-electron chi connectivity index (χ0n) is 9.60. The number of rotatable bonds is 4. The molecule has 0 N–H and O–H groups in total. The van der Waals surface area contributed by atoms with Crippen molar-refractivity contribution in [3.63, 3.8) is 0 Å². The van der Waals surface area contributed by atoms with Crippen LogP contribution in [0.1, 0.15) is 31.7 Å². The minimum atomic E-state index is -1.30. The molecule has 0 bridgehead atoms. The Labute approximate surface area is 97.4 Å². The Hall–Kier alpha value is -1.52. The maximum atomic E-state index is 13.5. The van der Waals surface area contributed by atoms with E-state index in [9.17, 15) is 18.0 Å². The summed E-state index contributed by atoms with van der Waals surface area (Å²) in [4.78, 5) is 11.5. The number of halogens is 3. The zero-order chi connectivity index (χ0) is 13.0.